The largest absolute Gasteiger partial charge is 0.497 e. The number of ether oxygens (including phenoxy) is 1. The van der Waals surface area contributed by atoms with Crippen LogP contribution in [-0.4, -0.2) is 28.2 Å². The lowest BCUT2D eigenvalue weighted by Crippen LogP contribution is -1.96. The van der Waals surface area contributed by atoms with Crippen LogP contribution in [-0.2, 0) is 0 Å². The molecule has 122 valence electrons. The van der Waals surface area contributed by atoms with Crippen molar-refractivity contribution in [1.82, 2.24) is 14.9 Å². The molecule has 0 spiro atoms. The van der Waals surface area contributed by atoms with Gasteiger partial charge < -0.3 is 4.74 Å². The summed E-state index contributed by atoms with van der Waals surface area (Å²) in [7, 11) is 1.60. The zero-order valence-corrected chi connectivity index (χ0v) is 14.9. The van der Waals surface area contributed by atoms with Crippen LogP contribution >= 0.6 is 35.4 Å². The molecule has 0 saturated carbocycles. The Bertz CT molecular complexity index is 944. The molecule has 0 aliphatic heterocycles. The molecule has 5 nitrogen and oxygen atoms in total. The van der Waals surface area contributed by atoms with Gasteiger partial charge in [-0.2, -0.15) is 14.9 Å². The lowest BCUT2D eigenvalue weighted by Gasteiger charge is -2.04. The topological polar surface area (TPSA) is 55.2 Å². The van der Waals surface area contributed by atoms with Crippen LogP contribution in [0.4, 0.5) is 0 Å². The maximum absolute atomic E-state index is 6.15. The molecule has 0 unspecified atom stereocenters. The fraction of sp³-hybridized carbons (Fsp3) is 0.0625. The first-order valence-corrected chi connectivity index (χ1v) is 8.07. The summed E-state index contributed by atoms with van der Waals surface area (Å²) in [5.41, 5.74) is 1.42. The number of methoxy groups -OCH3 is 1. The Balaban J connectivity index is 2.05. The van der Waals surface area contributed by atoms with Gasteiger partial charge in [0.1, 0.15) is 5.75 Å². The molecule has 1 aromatic heterocycles. The van der Waals surface area contributed by atoms with Crippen LogP contribution in [0.3, 0.4) is 0 Å². The molecule has 0 radical (unpaired) electrons. The second kappa shape index (κ2) is 7.17. The summed E-state index contributed by atoms with van der Waals surface area (Å²) in [6.45, 7) is 0. The van der Waals surface area contributed by atoms with Crippen molar-refractivity contribution in [2.45, 2.75) is 0 Å². The number of H-pyrrole nitrogens is 1. The summed E-state index contributed by atoms with van der Waals surface area (Å²) in [5.74, 6) is 1.27. The molecule has 24 heavy (non-hydrogen) atoms. The summed E-state index contributed by atoms with van der Waals surface area (Å²) >= 11 is 17.6. The fourth-order valence-electron chi connectivity index (χ4n) is 2.10. The summed E-state index contributed by atoms with van der Waals surface area (Å²) in [4.78, 5) is 0. The summed E-state index contributed by atoms with van der Waals surface area (Å²) < 4.78 is 7.09. The molecule has 2 aromatic carbocycles. The van der Waals surface area contributed by atoms with E-state index >= 15 is 0 Å². The summed E-state index contributed by atoms with van der Waals surface area (Å²) in [6.07, 6.45) is 1.56. The standard InChI is InChI=1S/C16H12Cl2N4OS/c1-23-11-5-2-4-10(8-11)15-20-21-16(24)22(15)19-9-12-13(17)6-3-7-14(12)18/h2-9H,1H3,(H,21,24)/b19-9-. The van der Waals surface area contributed by atoms with Gasteiger partial charge in [0.25, 0.3) is 0 Å². The van der Waals surface area contributed by atoms with E-state index in [1.54, 1.807) is 31.5 Å². The third-order valence-electron chi connectivity index (χ3n) is 3.28. The van der Waals surface area contributed by atoms with Crippen molar-refractivity contribution in [1.29, 1.82) is 0 Å². The van der Waals surface area contributed by atoms with Gasteiger partial charge in [-0.15, -0.1) is 0 Å². The van der Waals surface area contributed by atoms with Crippen molar-refractivity contribution in [2.75, 3.05) is 7.11 Å². The minimum absolute atomic E-state index is 0.354. The van der Waals surface area contributed by atoms with Crippen LogP contribution in [0.5, 0.6) is 5.75 Å². The Morgan fingerprint density at radius 2 is 1.92 bits per heavy atom. The Morgan fingerprint density at radius 3 is 2.62 bits per heavy atom. The van der Waals surface area contributed by atoms with Crippen molar-refractivity contribution < 1.29 is 4.74 Å². The van der Waals surface area contributed by atoms with Gasteiger partial charge >= 0.3 is 0 Å². The number of halogens is 2. The Hall–Kier alpha value is -2.15. The predicted octanol–water partition coefficient (Wildman–Crippen LogP) is 4.81. The molecule has 8 heteroatoms. The highest BCUT2D eigenvalue weighted by molar-refractivity contribution is 7.71. The number of benzene rings is 2. The van der Waals surface area contributed by atoms with E-state index in [1.165, 1.54) is 4.68 Å². The highest BCUT2D eigenvalue weighted by Crippen LogP contribution is 2.24. The molecule has 0 aliphatic rings. The van der Waals surface area contributed by atoms with Crippen LogP contribution in [0.15, 0.2) is 47.6 Å². The second-order valence-corrected chi connectivity index (χ2v) is 5.98. The highest BCUT2D eigenvalue weighted by atomic mass is 35.5. The van der Waals surface area contributed by atoms with Gasteiger partial charge in [0, 0.05) is 11.1 Å². The van der Waals surface area contributed by atoms with Crippen molar-refractivity contribution in [3.63, 3.8) is 0 Å². The van der Waals surface area contributed by atoms with Crippen LogP contribution < -0.4 is 4.74 Å². The molecule has 3 aromatic rings. The molecule has 0 aliphatic carbocycles. The van der Waals surface area contributed by atoms with Crippen molar-refractivity contribution >= 4 is 41.6 Å². The Kier molecular flexibility index (Phi) is 4.99. The number of nitrogens with one attached hydrogen (secondary N) is 1. The number of hydrogen-bond acceptors (Lipinski definition) is 4. The predicted molar refractivity (Wildman–Crippen MR) is 98.9 cm³/mol. The molecule has 1 heterocycles. The molecule has 0 atom stereocenters. The smallest absolute Gasteiger partial charge is 0.216 e. The van der Waals surface area contributed by atoms with Crippen molar-refractivity contribution in [3.8, 4) is 17.1 Å². The average molecular weight is 379 g/mol. The molecule has 0 saturated heterocycles. The van der Waals surface area contributed by atoms with Crippen molar-refractivity contribution in [2.24, 2.45) is 5.10 Å². The zero-order valence-electron chi connectivity index (χ0n) is 12.5. The Labute approximate surface area is 153 Å². The number of hydrogen-bond donors (Lipinski definition) is 1. The number of aromatic amines is 1. The zero-order chi connectivity index (χ0) is 17.1. The van der Waals surface area contributed by atoms with E-state index in [2.05, 4.69) is 15.3 Å². The van der Waals surface area contributed by atoms with Crippen LogP contribution in [0.2, 0.25) is 10.0 Å². The average Bonchev–Trinajstić information content (AvgIpc) is 2.95. The third kappa shape index (κ3) is 3.36. The maximum Gasteiger partial charge on any atom is 0.216 e. The molecule has 0 bridgehead atoms. The van der Waals surface area contributed by atoms with Gasteiger partial charge in [-0.05, 0) is 36.5 Å². The van der Waals surface area contributed by atoms with Gasteiger partial charge in [-0.3, -0.25) is 0 Å². The highest BCUT2D eigenvalue weighted by Gasteiger charge is 2.10. The normalized spacial score (nSPS) is 11.1. The SMILES string of the molecule is COc1cccc(-c2n[nH]c(=S)n2/N=C\c2c(Cl)cccc2Cl)c1. The van der Waals surface area contributed by atoms with E-state index in [4.69, 9.17) is 40.2 Å². The van der Waals surface area contributed by atoms with E-state index in [0.29, 0.717) is 32.0 Å². The second-order valence-electron chi connectivity index (χ2n) is 4.78. The van der Waals surface area contributed by atoms with Crippen molar-refractivity contribution in [3.05, 3.63) is 62.8 Å². The van der Waals surface area contributed by atoms with E-state index in [0.717, 1.165) is 5.56 Å². The van der Waals surface area contributed by atoms with Crippen LogP contribution in [0.1, 0.15) is 5.56 Å². The van der Waals surface area contributed by atoms with Gasteiger partial charge in [0.05, 0.1) is 23.4 Å². The Morgan fingerprint density at radius 1 is 1.21 bits per heavy atom. The fourth-order valence-corrected chi connectivity index (χ4v) is 2.77. The first-order chi connectivity index (χ1) is 11.6. The maximum atomic E-state index is 6.15. The van der Waals surface area contributed by atoms with Crippen LogP contribution in [0.25, 0.3) is 11.4 Å². The molecule has 1 N–H and O–H groups in total. The van der Waals surface area contributed by atoms with Gasteiger partial charge in [-0.1, -0.05) is 41.4 Å². The molecule has 0 fully saturated rings. The number of aromatic nitrogens is 3. The van der Waals surface area contributed by atoms with Gasteiger partial charge in [0.2, 0.25) is 4.77 Å². The molecular formula is C16H12Cl2N4OS. The molecular weight excluding hydrogens is 367 g/mol. The van der Waals surface area contributed by atoms with E-state index in [-0.39, 0.29) is 0 Å². The third-order valence-corrected chi connectivity index (χ3v) is 4.20. The summed E-state index contributed by atoms with van der Waals surface area (Å²) in [6, 6.07) is 12.7. The van der Waals surface area contributed by atoms with Gasteiger partial charge in [0.15, 0.2) is 5.82 Å². The summed E-state index contributed by atoms with van der Waals surface area (Å²) in [5, 5.41) is 12.3. The lowest BCUT2D eigenvalue weighted by molar-refractivity contribution is 0.415. The quantitative estimate of drug-likeness (QED) is 0.523. The number of rotatable bonds is 4. The van der Waals surface area contributed by atoms with E-state index in [1.807, 2.05) is 24.3 Å². The van der Waals surface area contributed by atoms with E-state index in [9.17, 15) is 0 Å². The van der Waals surface area contributed by atoms with E-state index < -0.39 is 0 Å². The monoisotopic (exact) mass is 378 g/mol. The minimum atomic E-state index is 0.354. The number of nitrogens with zero attached hydrogens (tertiary/aromatic N) is 3. The molecule has 3 rings (SSSR count). The first kappa shape index (κ1) is 16.7. The van der Waals surface area contributed by atoms with Gasteiger partial charge in [-0.25, -0.2) is 5.10 Å². The first-order valence-electron chi connectivity index (χ1n) is 6.90. The lowest BCUT2D eigenvalue weighted by atomic mass is 10.2. The molecule has 0 amide bonds. The minimum Gasteiger partial charge on any atom is -0.497 e. The van der Waals surface area contributed by atoms with Crippen LogP contribution in [0, 0.1) is 4.77 Å².